The van der Waals surface area contributed by atoms with Crippen molar-refractivity contribution < 1.29 is 9.47 Å². The zero-order chi connectivity index (χ0) is 22.3. The molecule has 2 fully saturated rings. The van der Waals surface area contributed by atoms with Gasteiger partial charge in [-0.25, -0.2) is 0 Å². The lowest BCUT2D eigenvalue weighted by atomic mass is 10.0. The van der Waals surface area contributed by atoms with Gasteiger partial charge in [-0.1, -0.05) is 69.8 Å². The van der Waals surface area contributed by atoms with Crippen LogP contribution in [0.3, 0.4) is 0 Å². The Labute approximate surface area is 201 Å². The fourth-order valence-electron chi connectivity index (χ4n) is 4.40. The molecule has 0 radical (unpaired) electrons. The standard InChI is InChI=1S/C27H48O2S2/c1-4-5-6-7-8-9-10-11-12-13-14-15-16-17-18-20-27(30-21-19-22-31-27)23-25-24-28-26(2,3)29-25/h8-9,11-12,25H,4-7,10,13-24H2,1-3H3/b9-8-,12-11-. The molecule has 1 unspecified atom stereocenters. The van der Waals surface area contributed by atoms with Gasteiger partial charge >= 0.3 is 0 Å². The molecule has 0 N–H and O–H groups in total. The molecule has 0 aromatic carbocycles. The highest BCUT2D eigenvalue weighted by atomic mass is 32.2. The van der Waals surface area contributed by atoms with E-state index in [0.29, 0.717) is 4.08 Å². The molecule has 0 bridgehead atoms. The molecule has 2 nitrogen and oxygen atoms in total. The number of hydrogen-bond acceptors (Lipinski definition) is 4. The van der Waals surface area contributed by atoms with Crippen LogP contribution in [0, 0.1) is 0 Å². The van der Waals surface area contributed by atoms with Gasteiger partial charge in [0.1, 0.15) is 0 Å². The van der Waals surface area contributed by atoms with Crippen molar-refractivity contribution >= 4 is 23.5 Å². The van der Waals surface area contributed by atoms with Crippen LogP contribution in [-0.2, 0) is 9.47 Å². The Morgan fingerprint density at radius 1 is 0.839 bits per heavy atom. The summed E-state index contributed by atoms with van der Waals surface area (Å²) in [6, 6.07) is 0. The molecule has 2 rings (SSSR count). The molecule has 2 aliphatic rings. The first-order valence-corrected chi connectivity index (χ1v) is 14.9. The monoisotopic (exact) mass is 468 g/mol. The summed E-state index contributed by atoms with van der Waals surface area (Å²) >= 11 is 4.39. The number of hydrogen-bond donors (Lipinski definition) is 0. The minimum atomic E-state index is -0.394. The minimum Gasteiger partial charge on any atom is -0.348 e. The summed E-state index contributed by atoms with van der Waals surface area (Å²) in [5.41, 5.74) is 0. The Bertz CT molecular complexity index is 509. The third-order valence-corrected chi connectivity index (χ3v) is 9.62. The molecule has 4 heteroatoms. The Balaban J connectivity index is 1.51. The highest BCUT2D eigenvalue weighted by Crippen LogP contribution is 2.50. The molecular formula is C27H48O2S2. The SMILES string of the molecule is CCCCC/C=C\C/C=C\CCCCCCCC1(CC2COC(C)(C)O2)SCCCS1. The first-order chi connectivity index (χ1) is 15.1. The first-order valence-electron chi connectivity index (χ1n) is 12.9. The summed E-state index contributed by atoms with van der Waals surface area (Å²) in [5, 5.41) is 0. The summed E-state index contributed by atoms with van der Waals surface area (Å²) in [7, 11) is 0. The van der Waals surface area contributed by atoms with Crippen molar-refractivity contribution in [3.8, 4) is 0 Å². The van der Waals surface area contributed by atoms with Crippen molar-refractivity contribution in [3.63, 3.8) is 0 Å². The molecule has 0 aromatic rings. The molecule has 2 heterocycles. The molecule has 180 valence electrons. The minimum absolute atomic E-state index is 0.270. The predicted molar refractivity (Wildman–Crippen MR) is 141 cm³/mol. The first kappa shape index (κ1) is 27.3. The number of thioether (sulfide) groups is 2. The second-order valence-corrected chi connectivity index (χ2v) is 12.8. The summed E-state index contributed by atoms with van der Waals surface area (Å²) < 4.78 is 12.3. The topological polar surface area (TPSA) is 18.5 Å². The van der Waals surface area contributed by atoms with E-state index in [2.05, 4.69) is 54.8 Å². The van der Waals surface area contributed by atoms with Crippen molar-refractivity contribution in [1.82, 2.24) is 0 Å². The van der Waals surface area contributed by atoms with Crippen LogP contribution in [0.4, 0.5) is 0 Å². The molecule has 2 saturated heterocycles. The maximum Gasteiger partial charge on any atom is 0.163 e. The quantitative estimate of drug-likeness (QED) is 0.166. The van der Waals surface area contributed by atoms with Crippen LogP contribution in [-0.4, -0.2) is 34.1 Å². The Morgan fingerprint density at radius 3 is 2.13 bits per heavy atom. The number of rotatable bonds is 16. The fourth-order valence-corrected chi connectivity index (χ4v) is 7.92. The van der Waals surface area contributed by atoms with Crippen molar-refractivity contribution in [1.29, 1.82) is 0 Å². The Kier molecular flexibility index (Phi) is 14.0. The van der Waals surface area contributed by atoms with Crippen LogP contribution >= 0.6 is 23.5 Å². The summed E-state index contributed by atoms with van der Waals surface area (Å²) in [6.45, 7) is 7.11. The lowest BCUT2D eigenvalue weighted by molar-refractivity contribution is -0.139. The average Bonchev–Trinajstić information content (AvgIpc) is 3.09. The van der Waals surface area contributed by atoms with Crippen molar-refractivity contribution in [3.05, 3.63) is 24.3 Å². The second-order valence-electron chi connectivity index (χ2n) is 9.60. The highest BCUT2D eigenvalue weighted by molar-refractivity contribution is 8.18. The van der Waals surface area contributed by atoms with E-state index in [1.807, 2.05) is 13.8 Å². The molecule has 0 saturated carbocycles. The predicted octanol–water partition coefficient (Wildman–Crippen LogP) is 8.91. The lowest BCUT2D eigenvalue weighted by Gasteiger charge is -2.38. The Morgan fingerprint density at radius 2 is 1.48 bits per heavy atom. The number of allylic oxidation sites excluding steroid dienone is 4. The van der Waals surface area contributed by atoms with E-state index in [1.54, 1.807) is 0 Å². The molecule has 0 amide bonds. The molecule has 31 heavy (non-hydrogen) atoms. The van der Waals surface area contributed by atoms with Crippen LogP contribution in [0.5, 0.6) is 0 Å². The van der Waals surface area contributed by atoms with Gasteiger partial charge in [-0.3, -0.25) is 0 Å². The summed E-state index contributed by atoms with van der Waals surface area (Å²) in [4.78, 5) is 0. The van der Waals surface area contributed by atoms with Crippen LogP contribution in [0.15, 0.2) is 24.3 Å². The van der Waals surface area contributed by atoms with E-state index in [9.17, 15) is 0 Å². The van der Waals surface area contributed by atoms with Crippen molar-refractivity contribution in [2.75, 3.05) is 18.1 Å². The molecule has 0 aromatic heterocycles. The van der Waals surface area contributed by atoms with Gasteiger partial charge in [0.15, 0.2) is 5.79 Å². The van der Waals surface area contributed by atoms with Gasteiger partial charge in [-0.2, -0.15) is 0 Å². The van der Waals surface area contributed by atoms with Crippen LogP contribution in [0.25, 0.3) is 0 Å². The van der Waals surface area contributed by atoms with Gasteiger partial charge in [-0.05, 0) is 76.7 Å². The normalized spacial score (nSPS) is 23.3. The van der Waals surface area contributed by atoms with Crippen LogP contribution in [0.2, 0.25) is 0 Å². The van der Waals surface area contributed by atoms with Gasteiger partial charge in [0.25, 0.3) is 0 Å². The molecule has 0 aliphatic carbocycles. The van der Waals surface area contributed by atoms with Gasteiger partial charge in [0.05, 0.1) is 16.8 Å². The highest BCUT2D eigenvalue weighted by Gasteiger charge is 2.41. The van der Waals surface area contributed by atoms with E-state index in [4.69, 9.17) is 9.47 Å². The van der Waals surface area contributed by atoms with Gasteiger partial charge in [0.2, 0.25) is 0 Å². The van der Waals surface area contributed by atoms with Crippen molar-refractivity contribution in [2.45, 2.75) is 127 Å². The zero-order valence-electron chi connectivity index (χ0n) is 20.5. The third kappa shape index (κ3) is 12.2. The largest absolute Gasteiger partial charge is 0.348 e. The van der Waals surface area contributed by atoms with E-state index in [-0.39, 0.29) is 6.10 Å². The molecule has 2 aliphatic heterocycles. The summed E-state index contributed by atoms with van der Waals surface area (Å²) in [5.74, 6) is 2.23. The van der Waals surface area contributed by atoms with Gasteiger partial charge < -0.3 is 9.47 Å². The van der Waals surface area contributed by atoms with Crippen molar-refractivity contribution in [2.24, 2.45) is 0 Å². The van der Waals surface area contributed by atoms with E-state index < -0.39 is 5.79 Å². The second kappa shape index (κ2) is 15.9. The molecule has 1 atom stereocenters. The summed E-state index contributed by atoms with van der Waals surface area (Å²) in [6.07, 6.45) is 27.9. The van der Waals surface area contributed by atoms with Gasteiger partial charge in [0, 0.05) is 0 Å². The van der Waals surface area contributed by atoms with E-state index in [1.165, 1.54) is 88.6 Å². The number of unbranched alkanes of at least 4 members (excludes halogenated alkanes) is 8. The number of ether oxygens (including phenoxy) is 2. The van der Waals surface area contributed by atoms with E-state index >= 15 is 0 Å². The Hall–Kier alpha value is 0.1000. The van der Waals surface area contributed by atoms with Gasteiger partial charge in [-0.15, -0.1) is 23.5 Å². The maximum absolute atomic E-state index is 6.15. The molecule has 0 spiro atoms. The van der Waals surface area contributed by atoms with E-state index in [0.717, 1.165) is 19.4 Å². The van der Waals surface area contributed by atoms with Crippen LogP contribution < -0.4 is 0 Å². The fraction of sp³-hybridized carbons (Fsp3) is 0.852. The molecular weight excluding hydrogens is 420 g/mol. The maximum atomic E-state index is 6.15. The smallest absolute Gasteiger partial charge is 0.163 e. The third-order valence-electron chi connectivity index (χ3n) is 6.13. The zero-order valence-corrected chi connectivity index (χ0v) is 22.2. The lowest BCUT2D eigenvalue weighted by Crippen LogP contribution is -2.32. The van der Waals surface area contributed by atoms with Crippen LogP contribution in [0.1, 0.15) is 111 Å². The average molecular weight is 469 g/mol.